The van der Waals surface area contributed by atoms with E-state index in [1.807, 2.05) is 0 Å². The number of aromatic nitrogens is 11. The summed E-state index contributed by atoms with van der Waals surface area (Å²) in [4.78, 5) is 42.8. The molecule has 80 heavy (non-hydrogen) atoms. The molecule has 6 heterocycles. The van der Waals surface area contributed by atoms with E-state index in [1.54, 1.807) is 24.8 Å². The van der Waals surface area contributed by atoms with E-state index in [4.69, 9.17) is 75.3 Å². The third-order valence-corrected chi connectivity index (χ3v) is 17.6. The van der Waals surface area contributed by atoms with Gasteiger partial charge >= 0.3 is 0 Å². The minimum Gasteiger partial charge on any atom is -0.366 e. The van der Waals surface area contributed by atoms with Gasteiger partial charge in [-0.15, -0.1) is 5.54 Å². The Morgan fingerprint density at radius 1 is 0.512 bits per heavy atom. The molecule has 0 spiro atoms. The highest BCUT2D eigenvalue weighted by Crippen LogP contribution is 2.36. The van der Waals surface area contributed by atoms with Gasteiger partial charge in [0, 0.05) is 82.5 Å². The number of nitrogens with one attached hydrogen (secondary N) is 3. The first-order valence-corrected chi connectivity index (χ1v) is 35.7. The first kappa shape index (κ1) is 66.4. The molecule has 430 valence electrons. The quantitative estimate of drug-likeness (QED) is 0.0510. The Morgan fingerprint density at radius 3 is 1.36 bits per heavy atom. The molecule has 0 unspecified atom stereocenters. The van der Waals surface area contributed by atoms with Crippen molar-refractivity contribution in [3.05, 3.63) is 93.3 Å². The van der Waals surface area contributed by atoms with Crippen molar-refractivity contribution in [1.82, 2.24) is 54.4 Å². The zero-order chi connectivity index (χ0) is 57.6. The zero-order valence-corrected chi connectivity index (χ0v) is 56.6. The summed E-state index contributed by atoms with van der Waals surface area (Å²) in [5.74, 6) is 8.45. The van der Waals surface area contributed by atoms with E-state index >= 15 is 0 Å². The summed E-state index contributed by atoms with van der Waals surface area (Å²) in [7, 11) is -1.40. The highest BCUT2D eigenvalue weighted by atomic mass is 79.9. The van der Waals surface area contributed by atoms with Gasteiger partial charge in [-0.05, 0) is 187 Å². The lowest BCUT2D eigenvalue weighted by molar-refractivity contribution is 0.524. The highest BCUT2D eigenvalue weighted by molar-refractivity contribution is 9.12. The van der Waals surface area contributed by atoms with Crippen LogP contribution in [0.15, 0.2) is 50.6 Å². The van der Waals surface area contributed by atoms with Crippen LogP contribution in [0.1, 0.15) is 146 Å². The van der Waals surface area contributed by atoms with Crippen LogP contribution in [0, 0.1) is 22.2 Å². The van der Waals surface area contributed by atoms with Crippen LogP contribution in [0.5, 0.6) is 0 Å². The van der Waals surface area contributed by atoms with Gasteiger partial charge in [-0.1, -0.05) is 101 Å². The van der Waals surface area contributed by atoms with Crippen LogP contribution in [-0.4, -0.2) is 86.6 Å². The highest BCUT2D eigenvalue weighted by Gasteiger charge is 2.23. The van der Waals surface area contributed by atoms with Gasteiger partial charge < -0.3 is 26.3 Å². The molecule has 5 fully saturated rings. The molecular weight excluding hydrogens is 1420 g/mol. The van der Waals surface area contributed by atoms with Crippen molar-refractivity contribution in [2.24, 2.45) is 5.73 Å². The topological polar surface area (TPSA) is 196 Å². The van der Waals surface area contributed by atoms with Gasteiger partial charge in [0.2, 0.25) is 26.4 Å². The lowest BCUT2D eigenvalue weighted by atomic mass is 10.2. The molecule has 0 radical (unpaired) electrons. The van der Waals surface area contributed by atoms with Crippen molar-refractivity contribution < 1.29 is 0 Å². The molecule has 5 aliphatic rings. The SMILES string of the molecule is C[Si](C)(C)C#Cc1cnc(Cl)nc1NC1CCCC1.Clc1ncc(Br)c(Cl)n1.Clc1ncc(Br)c(NC2CCCC2)n1.Clc1ncc(C#CBr)c(NC2CCCC2)n1.Clc1ncc2cc(Br)n(C3CCCC3)c2n1.NC1CCCC1. The molecule has 5 N–H and O–H groups in total. The van der Waals surface area contributed by atoms with Gasteiger partial charge in [-0.25, -0.2) is 29.9 Å². The number of nitrogens with two attached hydrogens (primary N) is 1. The van der Waals surface area contributed by atoms with Gasteiger partial charge in [-0.2, -0.15) is 19.9 Å². The Morgan fingerprint density at radius 2 is 0.912 bits per heavy atom. The lowest BCUT2D eigenvalue weighted by Gasteiger charge is -2.14. The summed E-state index contributed by atoms with van der Waals surface area (Å²) in [5.41, 5.74) is 11.5. The molecule has 0 saturated heterocycles. The number of hydrogen-bond donors (Lipinski definition) is 4. The maximum absolute atomic E-state index is 5.89. The van der Waals surface area contributed by atoms with Crippen molar-refractivity contribution in [1.29, 1.82) is 0 Å². The van der Waals surface area contributed by atoms with Gasteiger partial charge in [0.1, 0.15) is 36.3 Å². The van der Waals surface area contributed by atoms with E-state index in [2.05, 4.69) is 182 Å². The molecule has 5 aliphatic carbocycles. The smallest absolute Gasteiger partial charge is 0.224 e. The largest absolute Gasteiger partial charge is 0.366 e. The summed E-state index contributed by atoms with van der Waals surface area (Å²) >= 11 is 47.3. The number of halogens is 10. The number of fused-ring (bicyclic) bond motifs is 1. The average molecular weight is 1480 g/mol. The molecular formula is C54H65Br4Cl6N15Si. The van der Waals surface area contributed by atoms with Crippen LogP contribution in [-0.2, 0) is 0 Å². The summed E-state index contributed by atoms with van der Waals surface area (Å²) in [5, 5.41) is 12.9. The van der Waals surface area contributed by atoms with Crippen LogP contribution in [0.4, 0.5) is 17.5 Å². The van der Waals surface area contributed by atoms with Gasteiger partial charge in [0.05, 0.1) is 24.7 Å². The molecule has 15 nitrogen and oxygen atoms in total. The number of nitrogens with zero attached hydrogens (tertiary/aromatic N) is 11. The second kappa shape index (κ2) is 34.3. The summed E-state index contributed by atoms with van der Waals surface area (Å²) < 4.78 is 4.84. The summed E-state index contributed by atoms with van der Waals surface area (Å²) in [6.45, 7) is 6.67. The molecule has 6 aromatic rings. The van der Waals surface area contributed by atoms with Crippen molar-refractivity contribution in [3.8, 4) is 22.2 Å². The fourth-order valence-electron chi connectivity index (χ4n) is 9.42. The second-order valence-electron chi connectivity index (χ2n) is 20.8. The summed E-state index contributed by atoms with van der Waals surface area (Å²) in [6, 6.07) is 4.68. The monoisotopic (exact) mass is 1480 g/mol. The summed E-state index contributed by atoms with van der Waals surface area (Å²) in [6.07, 6.45) is 33.5. The Labute approximate surface area is 534 Å². The maximum Gasteiger partial charge on any atom is 0.224 e. The van der Waals surface area contributed by atoms with Crippen molar-refractivity contribution in [2.75, 3.05) is 16.0 Å². The molecule has 5 saturated carbocycles. The lowest BCUT2D eigenvalue weighted by Crippen LogP contribution is -2.18. The first-order chi connectivity index (χ1) is 38.3. The third kappa shape index (κ3) is 23.0. The third-order valence-electron chi connectivity index (χ3n) is 13.3. The second-order valence-corrected chi connectivity index (χ2v) is 30.5. The molecule has 6 aromatic heterocycles. The van der Waals surface area contributed by atoms with E-state index in [0.29, 0.717) is 45.1 Å². The fourth-order valence-corrected chi connectivity index (χ4v) is 12.2. The van der Waals surface area contributed by atoms with E-state index in [-0.39, 0.29) is 21.1 Å². The molecule has 0 atom stereocenters. The van der Waals surface area contributed by atoms with E-state index in [1.165, 1.54) is 135 Å². The molecule has 0 amide bonds. The van der Waals surface area contributed by atoms with Gasteiger partial charge in [0.15, 0.2) is 0 Å². The van der Waals surface area contributed by atoms with Crippen molar-refractivity contribution in [2.45, 2.75) is 178 Å². The number of rotatable bonds is 7. The minimum absolute atomic E-state index is 0.156. The van der Waals surface area contributed by atoms with E-state index in [0.717, 1.165) is 48.7 Å². The Hall–Kier alpha value is -2.70. The van der Waals surface area contributed by atoms with E-state index < -0.39 is 8.07 Å². The average Bonchev–Trinajstić information content (AvgIpc) is 4.32. The normalized spacial score (nSPS) is 16.4. The molecule has 26 heteroatoms. The van der Waals surface area contributed by atoms with Gasteiger partial charge in [-0.3, -0.25) is 0 Å². The molecule has 0 aromatic carbocycles. The molecule has 0 bridgehead atoms. The Balaban J connectivity index is 0.000000159. The molecule has 11 rings (SSSR count). The number of hydrogen-bond acceptors (Lipinski definition) is 14. The minimum atomic E-state index is -1.40. The van der Waals surface area contributed by atoms with E-state index in [9.17, 15) is 0 Å². The Bertz CT molecular complexity index is 3050. The van der Waals surface area contributed by atoms with Crippen LogP contribution in [0.3, 0.4) is 0 Å². The van der Waals surface area contributed by atoms with Crippen LogP contribution in [0.25, 0.3) is 11.0 Å². The fraction of sp³-hybridized carbons (Fsp3) is 0.519. The van der Waals surface area contributed by atoms with Crippen LogP contribution >= 0.6 is 133 Å². The van der Waals surface area contributed by atoms with Crippen molar-refractivity contribution >= 4 is 170 Å². The standard InChI is InChI=1S/C14H20ClN3Si.2C11H11BrClN3.C9H11BrClN3.C5H11N.C4HBrCl2N2/c1-19(2,3)9-8-11-10-16-14(15)18-13(11)17-12-6-4-5-7-12;12-9-5-7-6-14-11(13)15-10(7)16(9)8-3-1-2-4-8;12-6-5-8-7-14-11(13)16-10(8)15-9-3-1-2-4-9;10-7-5-12-9(11)14-8(7)13-6-3-1-2-4-6;6-5-3-1-2-4-5;5-2-1-8-4(7)9-3(2)6/h10,12H,4-7H2,1-3H3,(H,16,17,18);5-6,8H,1-4H2;7,9H,1-4H2,(H,14,15,16);5-6H,1-4H2,(H,12,13,14);5H,1-4,6H2;1H. The van der Waals surface area contributed by atoms with Crippen LogP contribution in [0.2, 0.25) is 51.2 Å². The van der Waals surface area contributed by atoms with Gasteiger partial charge in [0.25, 0.3) is 0 Å². The Kier molecular flexibility index (Phi) is 28.5. The predicted octanol–water partition coefficient (Wildman–Crippen LogP) is 17.5. The predicted molar refractivity (Wildman–Crippen MR) is 346 cm³/mol. The van der Waals surface area contributed by atoms with Crippen LogP contribution < -0.4 is 21.7 Å². The zero-order valence-electron chi connectivity index (χ0n) is 44.8. The maximum atomic E-state index is 5.89. The van der Waals surface area contributed by atoms with Crippen molar-refractivity contribution in [3.63, 3.8) is 0 Å². The molecule has 0 aliphatic heterocycles. The number of anilines is 3. The first-order valence-electron chi connectivity index (χ1n) is 26.8.